The van der Waals surface area contributed by atoms with Crippen molar-refractivity contribution in [2.45, 2.75) is 17.8 Å². The predicted molar refractivity (Wildman–Crippen MR) is 126 cm³/mol. The molecule has 0 atom stereocenters. The Labute approximate surface area is 228 Å². The number of carbonyl (C=O) groups is 2. The van der Waals surface area contributed by atoms with Crippen molar-refractivity contribution in [2.24, 2.45) is 5.73 Å². The minimum Gasteiger partial charge on any atom is -0.510 e. The molecule has 0 fully saturated rings. The lowest BCUT2D eigenvalue weighted by Crippen LogP contribution is -2.38. The highest BCUT2D eigenvalue weighted by Crippen LogP contribution is 2.43. The van der Waals surface area contributed by atoms with Crippen molar-refractivity contribution in [2.75, 3.05) is 5.32 Å². The van der Waals surface area contributed by atoms with Crippen LogP contribution in [0.1, 0.15) is 26.4 Å². The first kappa shape index (κ1) is 31.1. The molecule has 0 saturated carbocycles. The lowest BCUT2D eigenvalue weighted by Gasteiger charge is -2.26. The third-order valence-corrected chi connectivity index (χ3v) is 4.66. The number of hydrogen-bond acceptors (Lipinski definition) is 6. The molecular formula is C22H10B3F8N3O5. The van der Waals surface area contributed by atoms with E-state index < -0.39 is 75.4 Å². The molecule has 41 heavy (non-hydrogen) atoms. The molecule has 19 heteroatoms. The predicted octanol–water partition coefficient (Wildman–Crippen LogP) is 3.92. The van der Waals surface area contributed by atoms with Gasteiger partial charge in [0, 0.05) is 11.9 Å². The Balaban J connectivity index is 2.16. The zero-order valence-corrected chi connectivity index (χ0v) is 19.9. The summed E-state index contributed by atoms with van der Waals surface area (Å²) < 4.78 is 122. The van der Waals surface area contributed by atoms with Gasteiger partial charge in [-0.1, -0.05) is 0 Å². The van der Waals surface area contributed by atoms with Gasteiger partial charge in [-0.2, -0.15) is 17.6 Å². The number of pyridine rings is 1. The second-order valence-electron chi connectivity index (χ2n) is 7.86. The summed E-state index contributed by atoms with van der Waals surface area (Å²) in [6.07, 6.45) is -9.72. The van der Waals surface area contributed by atoms with Crippen LogP contribution in [0, 0.1) is 11.6 Å². The Kier molecular flexibility index (Phi) is 8.50. The molecule has 0 aliphatic heterocycles. The van der Waals surface area contributed by atoms with E-state index in [0.717, 1.165) is 18.3 Å². The molecule has 0 bridgehead atoms. The van der Waals surface area contributed by atoms with Crippen LogP contribution in [0.2, 0.25) is 0 Å². The first-order chi connectivity index (χ1) is 18.8. The van der Waals surface area contributed by atoms with E-state index in [9.17, 15) is 40.3 Å². The number of nitrogens with two attached hydrogens (primary N) is 1. The van der Waals surface area contributed by atoms with Crippen LogP contribution < -0.4 is 25.3 Å². The average molecular weight is 581 g/mol. The van der Waals surface area contributed by atoms with Crippen molar-refractivity contribution >= 4 is 41.0 Å². The van der Waals surface area contributed by atoms with E-state index in [-0.39, 0.29) is 17.4 Å². The monoisotopic (exact) mass is 581 g/mol. The molecular weight excluding hydrogens is 571 g/mol. The normalized spacial score (nSPS) is 12.0. The first-order valence-corrected chi connectivity index (χ1v) is 10.6. The summed E-state index contributed by atoms with van der Waals surface area (Å²) in [7, 11) is 15.7. The van der Waals surface area contributed by atoms with Crippen molar-refractivity contribution in [1.29, 1.82) is 0 Å². The van der Waals surface area contributed by atoms with Crippen molar-refractivity contribution in [3.05, 3.63) is 71.1 Å². The number of aromatic nitrogens is 1. The molecule has 0 saturated heterocycles. The summed E-state index contributed by atoms with van der Waals surface area (Å²) >= 11 is 0. The summed E-state index contributed by atoms with van der Waals surface area (Å²) in [4.78, 5) is 27.9. The van der Waals surface area contributed by atoms with Crippen molar-refractivity contribution in [3.63, 3.8) is 0 Å². The maximum absolute atomic E-state index is 15.1. The summed E-state index contributed by atoms with van der Waals surface area (Å²) in [5.41, 5.74) is 1.08. The van der Waals surface area contributed by atoms with E-state index >= 15 is 4.39 Å². The van der Waals surface area contributed by atoms with Crippen LogP contribution in [-0.2, 0) is 6.18 Å². The highest BCUT2D eigenvalue weighted by molar-refractivity contribution is 6.58. The standard InChI is InChI=1S/C22H10B3F8N3O5/c23-21(24,25)41-17-13(4-3-12(16(17)27)40-22(31,32)33)39-11-2-1-9(20(28,29)30)15(26)14(11)19(38)36-8-5-6-35-10(7-8)18(34)37/h1-7H,(H2,34,37)(H,35,36,38). The fourth-order valence-electron chi connectivity index (χ4n) is 3.11. The Morgan fingerprint density at radius 2 is 1.46 bits per heavy atom. The molecule has 0 aliphatic carbocycles. The quantitative estimate of drug-likeness (QED) is 0.309. The van der Waals surface area contributed by atoms with Gasteiger partial charge < -0.3 is 25.3 Å². The fraction of sp³-hybridized carbons (Fsp3) is 0.136. The number of nitrogens with one attached hydrogen (secondary N) is 1. The van der Waals surface area contributed by atoms with Crippen LogP contribution in [0.15, 0.2) is 42.6 Å². The third kappa shape index (κ3) is 7.82. The second-order valence-corrected chi connectivity index (χ2v) is 7.86. The molecule has 0 spiro atoms. The minimum atomic E-state index is -5.39. The maximum atomic E-state index is 15.1. The average Bonchev–Trinajstić information content (AvgIpc) is 2.81. The van der Waals surface area contributed by atoms with E-state index in [2.05, 4.69) is 9.72 Å². The van der Waals surface area contributed by atoms with Gasteiger partial charge in [-0.05, 0) is 41.7 Å². The Morgan fingerprint density at radius 1 is 0.854 bits per heavy atom. The lowest BCUT2D eigenvalue weighted by atomic mass is 9.52. The summed E-state index contributed by atoms with van der Waals surface area (Å²) in [5.74, 6) is -11.6. The van der Waals surface area contributed by atoms with Gasteiger partial charge >= 0.3 is 12.5 Å². The minimum absolute atomic E-state index is 0.163. The highest BCUT2D eigenvalue weighted by Gasteiger charge is 2.38. The van der Waals surface area contributed by atoms with E-state index in [4.69, 9.17) is 38.7 Å². The van der Waals surface area contributed by atoms with Crippen LogP contribution >= 0.6 is 0 Å². The van der Waals surface area contributed by atoms with Gasteiger partial charge in [0.25, 0.3) is 11.8 Å². The number of ether oxygens (including phenoxy) is 3. The highest BCUT2D eigenvalue weighted by atomic mass is 19.4. The number of primary amides is 1. The maximum Gasteiger partial charge on any atom is 0.573 e. The number of anilines is 1. The molecule has 0 aliphatic rings. The number of amides is 2. The molecule has 6 radical (unpaired) electrons. The molecule has 0 unspecified atom stereocenters. The zero-order chi connectivity index (χ0) is 30.9. The van der Waals surface area contributed by atoms with Gasteiger partial charge in [0.15, 0.2) is 23.1 Å². The van der Waals surface area contributed by atoms with E-state index in [1.54, 1.807) is 0 Å². The SMILES string of the molecule is [B]C([B])([B])Oc1c(Oc2ccc(C(F)(F)F)c(F)c2C(=O)Nc2ccnc(C(N)=O)c2)ccc(OC(F)(F)F)c1F. The molecule has 3 N–H and O–H groups in total. The number of halogens is 8. The molecule has 208 valence electrons. The Hall–Kier alpha value is -4.44. The van der Waals surface area contributed by atoms with Gasteiger partial charge in [0.1, 0.15) is 40.5 Å². The first-order valence-electron chi connectivity index (χ1n) is 10.6. The molecule has 3 aromatic rings. The van der Waals surface area contributed by atoms with Gasteiger partial charge in [-0.15, -0.1) is 13.2 Å². The summed E-state index contributed by atoms with van der Waals surface area (Å²) in [6, 6.07) is 3.50. The van der Waals surface area contributed by atoms with Crippen molar-refractivity contribution < 1.29 is 58.9 Å². The molecule has 8 nitrogen and oxygen atoms in total. The number of nitrogens with zero attached hydrogens (tertiary/aromatic N) is 1. The topological polar surface area (TPSA) is 113 Å². The van der Waals surface area contributed by atoms with Gasteiger partial charge in [-0.3, -0.25) is 14.6 Å². The van der Waals surface area contributed by atoms with Crippen LogP contribution in [0.3, 0.4) is 0 Å². The van der Waals surface area contributed by atoms with Gasteiger partial charge in [0.2, 0.25) is 5.82 Å². The Morgan fingerprint density at radius 3 is 2.02 bits per heavy atom. The molecule has 2 amide bonds. The van der Waals surface area contributed by atoms with Crippen LogP contribution in [-0.4, -0.2) is 52.0 Å². The zero-order valence-electron chi connectivity index (χ0n) is 19.9. The smallest absolute Gasteiger partial charge is 0.510 e. The largest absolute Gasteiger partial charge is 0.573 e. The molecule has 2 aromatic carbocycles. The van der Waals surface area contributed by atoms with E-state index in [0.29, 0.717) is 18.2 Å². The summed E-state index contributed by atoms with van der Waals surface area (Å²) in [6.45, 7) is 0. The van der Waals surface area contributed by atoms with Gasteiger partial charge in [-0.25, -0.2) is 4.39 Å². The lowest BCUT2D eigenvalue weighted by molar-refractivity contribution is -0.275. The number of carbonyl (C=O) groups excluding carboxylic acids is 2. The Bertz CT molecular complexity index is 1500. The van der Waals surface area contributed by atoms with E-state index in [1.807, 2.05) is 5.32 Å². The van der Waals surface area contributed by atoms with Gasteiger partial charge in [0.05, 0.1) is 5.56 Å². The second kappa shape index (κ2) is 11.2. The molecule has 1 aromatic heterocycles. The van der Waals surface area contributed by atoms with Crippen molar-refractivity contribution in [3.8, 4) is 23.0 Å². The summed E-state index contributed by atoms with van der Waals surface area (Å²) in [5, 5.41) is -0.749. The van der Waals surface area contributed by atoms with Crippen LogP contribution in [0.4, 0.5) is 40.8 Å². The number of rotatable bonds is 8. The van der Waals surface area contributed by atoms with Crippen LogP contribution in [0.25, 0.3) is 0 Å². The van der Waals surface area contributed by atoms with Crippen molar-refractivity contribution in [1.82, 2.24) is 4.98 Å². The third-order valence-electron chi connectivity index (χ3n) is 4.66. The number of alkyl halides is 6. The van der Waals surface area contributed by atoms with Crippen LogP contribution in [0.5, 0.6) is 23.0 Å². The fourth-order valence-corrected chi connectivity index (χ4v) is 3.11. The molecule has 1 heterocycles. The van der Waals surface area contributed by atoms with E-state index in [1.165, 1.54) is 0 Å². The number of hydrogen-bond donors (Lipinski definition) is 2. The molecule has 3 rings (SSSR count). The number of benzene rings is 2.